The lowest BCUT2D eigenvalue weighted by Gasteiger charge is -2.15. The molecule has 1 unspecified atom stereocenters. The van der Waals surface area contributed by atoms with Gasteiger partial charge in [-0.2, -0.15) is 0 Å². The van der Waals surface area contributed by atoms with E-state index >= 15 is 0 Å². The van der Waals surface area contributed by atoms with Crippen molar-refractivity contribution in [2.45, 2.75) is 19.5 Å². The highest BCUT2D eigenvalue weighted by molar-refractivity contribution is 5.40. The highest BCUT2D eigenvalue weighted by Gasteiger charge is 2.16. The van der Waals surface area contributed by atoms with Crippen LogP contribution in [0.1, 0.15) is 24.0 Å². The second-order valence-corrected chi connectivity index (χ2v) is 3.42. The van der Waals surface area contributed by atoms with Crippen molar-refractivity contribution in [1.29, 1.82) is 0 Å². The molecule has 1 atom stereocenters. The third kappa shape index (κ3) is 2.45. The van der Waals surface area contributed by atoms with Gasteiger partial charge in [0.2, 0.25) is 0 Å². The first kappa shape index (κ1) is 11.9. The van der Waals surface area contributed by atoms with Gasteiger partial charge >= 0.3 is 0 Å². The molecular formula is C11H14F2O2. The summed E-state index contributed by atoms with van der Waals surface area (Å²) in [6, 6.07) is 2.62. The molecule has 84 valence electrons. The summed E-state index contributed by atoms with van der Waals surface area (Å²) in [5.41, 5.74) is 0.747. The quantitative estimate of drug-likeness (QED) is 0.837. The third-order valence-corrected chi connectivity index (χ3v) is 2.30. The smallest absolute Gasteiger partial charge is 0.165 e. The Morgan fingerprint density at radius 3 is 2.60 bits per heavy atom. The second-order valence-electron chi connectivity index (χ2n) is 3.42. The van der Waals surface area contributed by atoms with Gasteiger partial charge in [0.15, 0.2) is 11.6 Å². The third-order valence-electron chi connectivity index (χ3n) is 2.30. The van der Waals surface area contributed by atoms with Gasteiger partial charge in [0.05, 0.1) is 7.11 Å². The Kier molecular flexibility index (Phi) is 4.03. The number of ether oxygens (including phenoxy) is 1. The van der Waals surface area contributed by atoms with Gasteiger partial charge in [0, 0.05) is 18.1 Å². The van der Waals surface area contributed by atoms with E-state index < -0.39 is 12.5 Å². The van der Waals surface area contributed by atoms with Crippen molar-refractivity contribution in [3.05, 3.63) is 29.1 Å². The van der Waals surface area contributed by atoms with Crippen molar-refractivity contribution in [2.24, 2.45) is 0 Å². The maximum atomic E-state index is 13.4. The summed E-state index contributed by atoms with van der Waals surface area (Å²) >= 11 is 0. The van der Waals surface area contributed by atoms with Crippen LogP contribution < -0.4 is 4.74 Å². The predicted molar refractivity (Wildman–Crippen MR) is 53.3 cm³/mol. The van der Waals surface area contributed by atoms with Gasteiger partial charge in [-0.05, 0) is 17.7 Å². The highest BCUT2D eigenvalue weighted by atomic mass is 19.1. The normalized spacial score (nSPS) is 12.6. The zero-order chi connectivity index (χ0) is 11.4. The van der Waals surface area contributed by atoms with E-state index in [0.29, 0.717) is 5.56 Å². The summed E-state index contributed by atoms with van der Waals surface area (Å²) in [6.45, 7) is 0.858. The lowest BCUT2D eigenvalue weighted by molar-refractivity contribution is 0.268. The predicted octanol–water partition coefficient (Wildman–Crippen LogP) is 2.40. The molecule has 0 saturated carbocycles. The Morgan fingerprint density at radius 1 is 1.47 bits per heavy atom. The van der Waals surface area contributed by atoms with Crippen molar-refractivity contribution in [2.75, 3.05) is 13.7 Å². The molecule has 0 bridgehead atoms. The summed E-state index contributed by atoms with van der Waals surface area (Å²) in [5.74, 6) is -0.794. The monoisotopic (exact) mass is 216 g/mol. The number of aliphatic hydroxyl groups is 1. The summed E-state index contributed by atoms with van der Waals surface area (Å²) < 4.78 is 30.7. The van der Waals surface area contributed by atoms with Crippen molar-refractivity contribution < 1.29 is 18.6 Å². The average molecular weight is 216 g/mol. The van der Waals surface area contributed by atoms with Gasteiger partial charge in [0.25, 0.3) is 0 Å². The Morgan fingerprint density at radius 2 is 2.13 bits per heavy atom. The van der Waals surface area contributed by atoms with Crippen molar-refractivity contribution in [3.63, 3.8) is 0 Å². The summed E-state index contributed by atoms with van der Waals surface area (Å²) in [4.78, 5) is 0. The number of alkyl halides is 1. The molecule has 15 heavy (non-hydrogen) atoms. The zero-order valence-corrected chi connectivity index (χ0v) is 8.76. The van der Waals surface area contributed by atoms with Crippen molar-refractivity contribution in [1.82, 2.24) is 0 Å². The molecule has 1 aromatic carbocycles. The molecular weight excluding hydrogens is 202 g/mol. The van der Waals surface area contributed by atoms with E-state index in [1.807, 2.05) is 0 Å². The van der Waals surface area contributed by atoms with E-state index in [1.54, 1.807) is 6.92 Å². The maximum absolute atomic E-state index is 13.4. The van der Waals surface area contributed by atoms with Gasteiger partial charge in [-0.1, -0.05) is 6.92 Å². The van der Waals surface area contributed by atoms with Crippen molar-refractivity contribution >= 4 is 0 Å². The van der Waals surface area contributed by atoms with E-state index in [9.17, 15) is 8.78 Å². The van der Waals surface area contributed by atoms with Gasteiger partial charge in [-0.25, -0.2) is 8.78 Å². The number of halogens is 2. The van der Waals surface area contributed by atoms with Crippen LogP contribution in [0.3, 0.4) is 0 Å². The minimum atomic E-state index is -0.730. The minimum absolute atomic E-state index is 0.0775. The number of hydrogen-bond donors (Lipinski definition) is 1. The molecule has 1 aromatic rings. The molecule has 0 aliphatic rings. The van der Waals surface area contributed by atoms with Crippen LogP contribution in [0, 0.1) is 5.82 Å². The number of aliphatic hydroxyl groups excluding tert-OH is 1. The van der Waals surface area contributed by atoms with E-state index in [0.717, 1.165) is 6.07 Å². The topological polar surface area (TPSA) is 29.5 Å². The number of rotatable bonds is 4. The largest absolute Gasteiger partial charge is 0.493 e. The fourth-order valence-electron chi connectivity index (χ4n) is 1.43. The fourth-order valence-corrected chi connectivity index (χ4v) is 1.43. The molecule has 0 heterocycles. The van der Waals surface area contributed by atoms with E-state index in [2.05, 4.69) is 0 Å². The molecule has 4 heteroatoms. The summed E-state index contributed by atoms with van der Waals surface area (Å²) in [5, 5.41) is 8.99. The molecule has 2 nitrogen and oxygen atoms in total. The van der Waals surface area contributed by atoms with Crippen LogP contribution in [0.15, 0.2) is 12.1 Å². The first-order chi connectivity index (χ1) is 7.13. The lowest BCUT2D eigenvalue weighted by Crippen LogP contribution is -2.04. The minimum Gasteiger partial charge on any atom is -0.493 e. The van der Waals surface area contributed by atoms with E-state index in [1.165, 1.54) is 13.2 Å². The molecule has 0 aliphatic carbocycles. The first-order valence-electron chi connectivity index (χ1n) is 4.67. The Labute approximate surface area is 87.5 Å². The molecule has 0 aromatic heterocycles. The van der Waals surface area contributed by atoms with Crippen LogP contribution in [0.5, 0.6) is 5.75 Å². The van der Waals surface area contributed by atoms with Gasteiger partial charge in [-0.3, -0.25) is 0 Å². The number of hydrogen-bond acceptors (Lipinski definition) is 2. The average Bonchev–Trinajstić information content (AvgIpc) is 2.26. The lowest BCUT2D eigenvalue weighted by atomic mass is 9.98. The number of methoxy groups -OCH3 is 1. The second kappa shape index (κ2) is 5.07. The summed E-state index contributed by atoms with van der Waals surface area (Å²) in [6.07, 6.45) is 0. The van der Waals surface area contributed by atoms with Crippen LogP contribution in [0.25, 0.3) is 0 Å². The Balaban J connectivity index is 3.25. The van der Waals surface area contributed by atoms with Crippen LogP contribution in [0.2, 0.25) is 0 Å². The standard InChI is InChI=1S/C11H14F2O2/c1-7(6-14)9-3-8(5-12)4-10(13)11(9)15-2/h3-4,7,14H,5-6H2,1-2H3. The van der Waals surface area contributed by atoms with Gasteiger partial charge < -0.3 is 9.84 Å². The van der Waals surface area contributed by atoms with Gasteiger partial charge in [-0.15, -0.1) is 0 Å². The Hall–Kier alpha value is -1.16. The van der Waals surface area contributed by atoms with Crippen LogP contribution >= 0.6 is 0 Å². The zero-order valence-electron chi connectivity index (χ0n) is 8.76. The van der Waals surface area contributed by atoms with E-state index in [-0.39, 0.29) is 23.8 Å². The molecule has 0 saturated heterocycles. The van der Waals surface area contributed by atoms with E-state index in [4.69, 9.17) is 9.84 Å². The summed E-state index contributed by atoms with van der Waals surface area (Å²) in [7, 11) is 1.35. The fraction of sp³-hybridized carbons (Fsp3) is 0.455. The molecule has 0 radical (unpaired) electrons. The van der Waals surface area contributed by atoms with Crippen molar-refractivity contribution in [3.8, 4) is 5.75 Å². The van der Waals surface area contributed by atoms with Crippen LogP contribution in [-0.4, -0.2) is 18.8 Å². The first-order valence-corrected chi connectivity index (χ1v) is 4.67. The maximum Gasteiger partial charge on any atom is 0.165 e. The Bertz CT molecular complexity index is 340. The van der Waals surface area contributed by atoms with Crippen LogP contribution in [-0.2, 0) is 6.67 Å². The molecule has 1 rings (SSSR count). The molecule has 0 fully saturated rings. The highest BCUT2D eigenvalue weighted by Crippen LogP contribution is 2.30. The molecule has 1 N–H and O–H groups in total. The molecule has 0 spiro atoms. The number of benzene rings is 1. The van der Waals surface area contributed by atoms with Gasteiger partial charge in [0.1, 0.15) is 6.67 Å². The molecule has 0 aliphatic heterocycles. The SMILES string of the molecule is COc1c(F)cc(CF)cc1C(C)CO. The van der Waals surface area contributed by atoms with Crippen LogP contribution in [0.4, 0.5) is 8.78 Å². The molecule has 0 amide bonds.